The molecule has 1 aromatic rings. The number of Topliss-reactive ketones (excluding diaryl/α,β-unsaturated/α-hetero) is 1. The van der Waals surface area contributed by atoms with Gasteiger partial charge in [0.2, 0.25) is 5.95 Å². The predicted octanol–water partition coefficient (Wildman–Crippen LogP) is 3.79. The van der Waals surface area contributed by atoms with E-state index < -0.39 is 0 Å². The summed E-state index contributed by atoms with van der Waals surface area (Å²) in [6.07, 6.45) is 14.0. The van der Waals surface area contributed by atoms with Crippen LogP contribution in [0.5, 0.6) is 0 Å². The predicted molar refractivity (Wildman–Crippen MR) is 110 cm³/mol. The van der Waals surface area contributed by atoms with Crippen molar-refractivity contribution < 1.29 is 4.79 Å². The molecule has 2 bridgehead atoms. The second-order valence-electron chi connectivity index (χ2n) is 10.0. The normalized spacial score (nSPS) is 37.0. The van der Waals surface area contributed by atoms with Gasteiger partial charge in [-0.05, 0) is 75.3 Å². The number of fused-ring (bicyclic) bond motifs is 2. The van der Waals surface area contributed by atoms with Crippen molar-refractivity contribution in [1.29, 1.82) is 0 Å². The zero-order valence-electron chi connectivity index (χ0n) is 17.4. The molecular weight excluding hydrogens is 348 g/mol. The molecule has 2 saturated carbocycles. The highest BCUT2D eigenvalue weighted by atomic mass is 16.1. The number of likely N-dealkylation sites (tertiary alicyclic amines) is 1. The molecule has 5 heteroatoms. The number of ketones is 1. The Bertz CT molecular complexity index is 705. The van der Waals surface area contributed by atoms with Crippen LogP contribution in [0, 0.1) is 11.3 Å². The van der Waals surface area contributed by atoms with Crippen LogP contribution < -0.4 is 4.90 Å². The maximum absolute atomic E-state index is 11.5. The van der Waals surface area contributed by atoms with E-state index in [4.69, 9.17) is 9.97 Å². The molecule has 0 N–H and O–H groups in total. The van der Waals surface area contributed by atoms with Gasteiger partial charge in [0.15, 0.2) is 0 Å². The van der Waals surface area contributed by atoms with Gasteiger partial charge in [-0.3, -0.25) is 9.69 Å². The van der Waals surface area contributed by atoms with E-state index in [0.717, 1.165) is 18.8 Å². The number of hydrogen-bond donors (Lipinski definition) is 0. The van der Waals surface area contributed by atoms with Crippen LogP contribution in [0.15, 0.2) is 12.4 Å². The topological polar surface area (TPSA) is 49.3 Å². The summed E-state index contributed by atoms with van der Waals surface area (Å²) in [5.74, 6) is 2.27. The first-order valence-electron chi connectivity index (χ1n) is 11.4. The van der Waals surface area contributed by atoms with Gasteiger partial charge < -0.3 is 4.90 Å². The molecule has 0 radical (unpaired) electrons. The highest BCUT2D eigenvalue weighted by molar-refractivity contribution is 5.79. The fourth-order valence-corrected chi connectivity index (χ4v) is 6.38. The van der Waals surface area contributed by atoms with E-state index in [1.54, 1.807) is 6.92 Å². The number of anilines is 1. The minimum Gasteiger partial charge on any atom is -0.332 e. The molecule has 1 spiro atoms. The van der Waals surface area contributed by atoms with Gasteiger partial charge in [-0.25, -0.2) is 9.97 Å². The lowest BCUT2D eigenvalue weighted by Crippen LogP contribution is -2.54. The smallest absolute Gasteiger partial charge is 0.225 e. The summed E-state index contributed by atoms with van der Waals surface area (Å²) < 4.78 is 0. The van der Waals surface area contributed by atoms with Crippen LogP contribution in [0.2, 0.25) is 0 Å². The summed E-state index contributed by atoms with van der Waals surface area (Å²) in [6.45, 7) is 7.60. The van der Waals surface area contributed by atoms with Gasteiger partial charge in [0.1, 0.15) is 5.78 Å². The zero-order chi connectivity index (χ0) is 19.3. The van der Waals surface area contributed by atoms with E-state index in [1.807, 2.05) is 0 Å². The summed E-state index contributed by atoms with van der Waals surface area (Å²) in [4.78, 5) is 26.3. The van der Waals surface area contributed by atoms with Crippen LogP contribution in [0.4, 0.5) is 5.95 Å². The molecule has 2 aliphatic heterocycles. The summed E-state index contributed by atoms with van der Waals surface area (Å²) in [5, 5.41) is 0. The molecule has 4 fully saturated rings. The van der Waals surface area contributed by atoms with Crippen molar-refractivity contribution in [3.63, 3.8) is 0 Å². The average molecular weight is 383 g/mol. The van der Waals surface area contributed by atoms with Gasteiger partial charge in [-0.1, -0.05) is 13.3 Å². The summed E-state index contributed by atoms with van der Waals surface area (Å²) in [5.41, 5.74) is 1.77. The van der Waals surface area contributed by atoms with Crippen LogP contribution in [0.3, 0.4) is 0 Å². The SMILES string of the molecule is CCCCN1CC2CCC(C1)N2c1ncc([C@H]2CC3(C[C@H](C(C)=O)C3)C2)cn1. The van der Waals surface area contributed by atoms with Gasteiger partial charge in [0, 0.05) is 43.5 Å². The Labute approximate surface area is 168 Å². The van der Waals surface area contributed by atoms with Crippen LogP contribution in [-0.4, -0.2) is 52.4 Å². The van der Waals surface area contributed by atoms with E-state index >= 15 is 0 Å². The number of nitrogens with zero attached hydrogens (tertiary/aromatic N) is 4. The van der Waals surface area contributed by atoms with Gasteiger partial charge in [0.25, 0.3) is 0 Å². The minimum atomic E-state index is 0.339. The van der Waals surface area contributed by atoms with Gasteiger partial charge >= 0.3 is 0 Å². The number of hydrogen-bond acceptors (Lipinski definition) is 5. The molecule has 28 heavy (non-hydrogen) atoms. The van der Waals surface area contributed by atoms with Crippen molar-refractivity contribution in [3.8, 4) is 0 Å². The lowest BCUT2D eigenvalue weighted by atomic mass is 9.47. The van der Waals surface area contributed by atoms with Crippen molar-refractivity contribution in [2.75, 3.05) is 24.5 Å². The molecule has 2 atom stereocenters. The van der Waals surface area contributed by atoms with Crippen molar-refractivity contribution in [3.05, 3.63) is 18.0 Å². The first kappa shape index (κ1) is 18.5. The molecule has 5 nitrogen and oxygen atoms in total. The van der Waals surface area contributed by atoms with Crippen LogP contribution >= 0.6 is 0 Å². The Morgan fingerprint density at radius 1 is 1.11 bits per heavy atom. The Morgan fingerprint density at radius 2 is 1.75 bits per heavy atom. The fourth-order valence-electron chi connectivity index (χ4n) is 6.38. The molecule has 2 saturated heterocycles. The minimum absolute atomic E-state index is 0.339. The third kappa shape index (κ3) is 3.16. The molecular formula is C23H34N4O. The molecule has 3 heterocycles. The van der Waals surface area contributed by atoms with Crippen LogP contribution in [0.25, 0.3) is 0 Å². The first-order valence-corrected chi connectivity index (χ1v) is 11.4. The largest absolute Gasteiger partial charge is 0.332 e. The van der Waals surface area contributed by atoms with Crippen LogP contribution in [0.1, 0.15) is 76.7 Å². The second kappa shape index (κ2) is 7.08. The maximum atomic E-state index is 11.5. The third-order valence-corrected chi connectivity index (χ3v) is 8.04. The zero-order valence-corrected chi connectivity index (χ0v) is 17.4. The van der Waals surface area contributed by atoms with Gasteiger partial charge in [0.05, 0.1) is 0 Å². The van der Waals surface area contributed by atoms with Crippen molar-refractivity contribution in [2.24, 2.45) is 11.3 Å². The molecule has 152 valence electrons. The second-order valence-corrected chi connectivity index (χ2v) is 10.0. The number of piperazine rings is 1. The summed E-state index contributed by atoms with van der Waals surface area (Å²) in [7, 11) is 0. The van der Waals surface area contributed by atoms with Gasteiger partial charge in [-0.15, -0.1) is 0 Å². The molecule has 0 amide bonds. The Morgan fingerprint density at radius 3 is 2.32 bits per heavy atom. The number of carbonyl (C=O) groups is 1. The van der Waals surface area contributed by atoms with Crippen molar-refractivity contribution in [2.45, 2.75) is 83.2 Å². The monoisotopic (exact) mass is 382 g/mol. The number of unbranched alkanes of at least 4 members (excludes halogenated alkanes) is 1. The van der Waals surface area contributed by atoms with Gasteiger partial charge in [-0.2, -0.15) is 0 Å². The van der Waals surface area contributed by atoms with E-state index in [2.05, 4.69) is 29.1 Å². The number of carbonyl (C=O) groups excluding carboxylic acids is 1. The molecule has 2 unspecified atom stereocenters. The lowest BCUT2D eigenvalue weighted by molar-refractivity contribution is -0.133. The average Bonchev–Trinajstić information content (AvgIpc) is 2.88. The fraction of sp³-hybridized carbons (Fsp3) is 0.783. The molecule has 5 rings (SSSR count). The van der Waals surface area contributed by atoms with E-state index in [9.17, 15) is 4.79 Å². The van der Waals surface area contributed by atoms with Crippen molar-refractivity contribution >= 4 is 11.7 Å². The summed E-state index contributed by atoms with van der Waals surface area (Å²) >= 11 is 0. The first-order chi connectivity index (χ1) is 13.6. The van der Waals surface area contributed by atoms with E-state index in [0.29, 0.717) is 35.1 Å². The van der Waals surface area contributed by atoms with Crippen molar-refractivity contribution in [1.82, 2.24) is 14.9 Å². The maximum Gasteiger partial charge on any atom is 0.225 e. The highest BCUT2D eigenvalue weighted by Gasteiger charge is 2.54. The quantitative estimate of drug-likeness (QED) is 0.749. The summed E-state index contributed by atoms with van der Waals surface area (Å²) in [6, 6.07) is 1.18. The standard InChI is InChI=1S/C23H34N4O/c1-3-4-7-26-14-20-5-6-21(15-26)27(20)22-24-12-19(13-25-22)18-10-23(11-18)8-17(9-23)16(2)28/h12-13,17-18,20-21H,3-11,14-15H2,1-2H3/t17-,18-,20?,21?,23?. The Kier molecular flexibility index (Phi) is 4.69. The molecule has 2 aliphatic carbocycles. The van der Waals surface area contributed by atoms with E-state index in [1.165, 1.54) is 63.7 Å². The Hall–Kier alpha value is -1.49. The molecule has 4 aliphatic rings. The number of rotatable bonds is 6. The van der Waals surface area contributed by atoms with Crippen LogP contribution in [-0.2, 0) is 4.79 Å². The highest BCUT2D eigenvalue weighted by Crippen LogP contribution is 2.64. The molecule has 1 aromatic heterocycles. The molecule has 0 aromatic carbocycles. The Balaban J connectivity index is 1.19. The lowest BCUT2D eigenvalue weighted by Gasteiger charge is -2.57. The van der Waals surface area contributed by atoms with E-state index in [-0.39, 0.29) is 0 Å². The third-order valence-electron chi connectivity index (χ3n) is 8.04. The number of aromatic nitrogens is 2.